The molecule has 152 valence electrons. The van der Waals surface area contributed by atoms with Crippen LogP contribution in [0.1, 0.15) is 12.8 Å². The molecule has 1 aliphatic rings. The average Bonchev–Trinajstić information content (AvgIpc) is 3.24. The first-order valence-corrected chi connectivity index (χ1v) is 10.4. The number of nitrogens with one attached hydrogen (secondary N) is 2. The number of hydrogen-bond donors (Lipinski definition) is 3. The van der Waals surface area contributed by atoms with E-state index in [2.05, 4.69) is 20.4 Å². The van der Waals surface area contributed by atoms with Crippen LogP contribution in [0.15, 0.2) is 54.6 Å². The highest BCUT2D eigenvalue weighted by molar-refractivity contribution is 6.31. The summed E-state index contributed by atoms with van der Waals surface area (Å²) in [4.78, 5) is 11.8. The molecule has 1 fully saturated rings. The zero-order valence-corrected chi connectivity index (χ0v) is 17.1. The first-order chi connectivity index (χ1) is 14.7. The summed E-state index contributed by atoms with van der Waals surface area (Å²) in [5.41, 5.74) is 8.89. The molecule has 0 radical (unpaired) electrons. The maximum Gasteiger partial charge on any atom is 0.227 e. The summed E-state index contributed by atoms with van der Waals surface area (Å²) < 4.78 is 0. The summed E-state index contributed by atoms with van der Waals surface area (Å²) in [5, 5.41) is 12.3. The molecule has 1 saturated heterocycles. The van der Waals surface area contributed by atoms with Gasteiger partial charge in [0.2, 0.25) is 5.95 Å². The molecular formula is C22H22ClN7. The Kier molecular flexibility index (Phi) is 4.98. The van der Waals surface area contributed by atoms with Crippen LogP contribution in [0.5, 0.6) is 0 Å². The highest BCUT2D eigenvalue weighted by Gasteiger charge is 2.20. The second kappa shape index (κ2) is 7.93. The van der Waals surface area contributed by atoms with Gasteiger partial charge < -0.3 is 16.0 Å². The highest BCUT2D eigenvalue weighted by Crippen LogP contribution is 2.30. The van der Waals surface area contributed by atoms with Gasteiger partial charge >= 0.3 is 0 Å². The van der Waals surface area contributed by atoms with Gasteiger partial charge in [-0.25, -0.2) is 4.98 Å². The van der Waals surface area contributed by atoms with Gasteiger partial charge in [-0.2, -0.15) is 10.1 Å². The molecule has 0 spiro atoms. The van der Waals surface area contributed by atoms with Crippen LogP contribution in [0.3, 0.4) is 0 Å². The minimum absolute atomic E-state index is 0.249. The van der Waals surface area contributed by atoms with Crippen molar-refractivity contribution in [2.24, 2.45) is 5.73 Å². The van der Waals surface area contributed by atoms with Crippen LogP contribution in [0.4, 0.5) is 17.6 Å². The molecule has 3 heterocycles. The number of aromatic nitrogens is 4. The molecule has 4 N–H and O–H groups in total. The Balaban J connectivity index is 1.51. The van der Waals surface area contributed by atoms with Crippen LogP contribution >= 0.6 is 11.6 Å². The van der Waals surface area contributed by atoms with Gasteiger partial charge in [0, 0.05) is 35.6 Å². The molecule has 8 heteroatoms. The molecule has 0 unspecified atom stereocenters. The second-order valence-corrected chi connectivity index (χ2v) is 7.95. The summed E-state index contributed by atoms with van der Waals surface area (Å²) in [6.45, 7) is 1.69. The van der Waals surface area contributed by atoms with Crippen LogP contribution in [-0.2, 0) is 0 Å². The number of anilines is 3. The van der Waals surface area contributed by atoms with Gasteiger partial charge in [0.05, 0.1) is 11.2 Å². The molecule has 7 nitrogen and oxygen atoms in total. The molecule has 0 bridgehead atoms. The van der Waals surface area contributed by atoms with E-state index in [1.165, 1.54) is 0 Å². The molecule has 2 aromatic heterocycles. The Morgan fingerprint density at radius 3 is 2.63 bits per heavy atom. The molecule has 30 heavy (non-hydrogen) atoms. The quantitative estimate of drug-likeness (QED) is 0.455. The average molecular weight is 420 g/mol. The summed E-state index contributed by atoms with van der Waals surface area (Å²) in [5.74, 6) is 2.05. The molecule has 4 aromatic rings. The van der Waals surface area contributed by atoms with E-state index in [9.17, 15) is 0 Å². The maximum atomic E-state index is 6.25. The van der Waals surface area contributed by atoms with Crippen LogP contribution in [-0.4, -0.2) is 39.3 Å². The standard InChI is InChI=1S/C22H22ClN7/c23-15-6-7-18-17(12-15)21(27-22(25-18)30-10-8-16(24)9-11-30)26-20-13-19(28-29-20)14-4-2-1-3-5-14/h1-7,12-13,16H,8-11,24H2,(H2,25,26,27,28,29). The predicted molar refractivity (Wildman–Crippen MR) is 121 cm³/mol. The molecule has 5 rings (SSSR count). The van der Waals surface area contributed by atoms with Crippen molar-refractivity contribution in [1.82, 2.24) is 20.2 Å². The van der Waals surface area contributed by atoms with Crippen molar-refractivity contribution >= 4 is 40.1 Å². The van der Waals surface area contributed by atoms with Gasteiger partial charge in [-0.15, -0.1) is 0 Å². The Morgan fingerprint density at radius 2 is 1.83 bits per heavy atom. The topological polar surface area (TPSA) is 95.8 Å². The molecule has 2 aromatic carbocycles. The monoisotopic (exact) mass is 419 g/mol. The number of nitrogens with zero attached hydrogens (tertiary/aromatic N) is 4. The molecule has 1 aliphatic heterocycles. The van der Waals surface area contributed by atoms with E-state index in [-0.39, 0.29) is 6.04 Å². The van der Waals surface area contributed by atoms with Crippen LogP contribution in [0.25, 0.3) is 22.2 Å². The number of rotatable bonds is 4. The lowest BCUT2D eigenvalue weighted by molar-refractivity contribution is 0.496. The predicted octanol–water partition coefficient (Wildman–Crippen LogP) is 4.34. The van der Waals surface area contributed by atoms with Crippen molar-refractivity contribution in [2.75, 3.05) is 23.3 Å². The summed E-state index contributed by atoms with van der Waals surface area (Å²) in [6, 6.07) is 17.9. The first-order valence-electron chi connectivity index (χ1n) is 10.0. The Labute approximate surface area is 179 Å². The minimum Gasteiger partial charge on any atom is -0.341 e. The van der Waals surface area contributed by atoms with E-state index in [0.29, 0.717) is 22.6 Å². The lowest BCUT2D eigenvalue weighted by Gasteiger charge is -2.30. The van der Waals surface area contributed by atoms with Crippen molar-refractivity contribution in [3.63, 3.8) is 0 Å². The fraction of sp³-hybridized carbons (Fsp3) is 0.227. The van der Waals surface area contributed by atoms with E-state index in [4.69, 9.17) is 27.3 Å². The van der Waals surface area contributed by atoms with Gasteiger partial charge in [0.15, 0.2) is 5.82 Å². The van der Waals surface area contributed by atoms with E-state index in [0.717, 1.165) is 48.1 Å². The van der Waals surface area contributed by atoms with Crippen molar-refractivity contribution in [3.05, 3.63) is 59.6 Å². The molecule has 0 aliphatic carbocycles. The summed E-state index contributed by atoms with van der Waals surface area (Å²) >= 11 is 6.25. The van der Waals surface area contributed by atoms with Gasteiger partial charge in [0.25, 0.3) is 0 Å². The summed E-state index contributed by atoms with van der Waals surface area (Å²) in [6.07, 6.45) is 1.87. The fourth-order valence-corrected chi connectivity index (χ4v) is 3.87. The number of fused-ring (bicyclic) bond motifs is 1. The maximum absolute atomic E-state index is 6.25. The Bertz CT molecular complexity index is 1170. The third-order valence-electron chi connectivity index (χ3n) is 5.38. The zero-order valence-electron chi connectivity index (χ0n) is 16.3. The largest absolute Gasteiger partial charge is 0.341 e. The third-order valence-corrected chi connectivity index (χ3v) is 5.61. The fourth-order valence-electron chi connectivity index (χ4n) is 3.70. The van der Waals surface area contributed by atoms with Crippen molar-refractivity contribution in [2.45, 2.75) is 18.9 Å². The van der Waals surface area contributed by atoms with Crippen molar-refractivity contribution < 1.29 is 0 Å². The third kappa shape index (κ3) is 3.81. The molecule has 0 atom stereocenters. The van der Waals surface area contributed by atoms with Gasteiger partial charge in [-0.05, 0) is 36.6 Å². The number of piperidine rings is 1. The number of hydrogen-bond acceptors (Lipinski definition) is 6. The number of aromatic amines is 1. The van der Waals surface area contributed by atoms with E-state index < -0.39 is 0 Å². The number of benzene rings is 2. The van der Waals surface area contributed by atoms with E-state index in [1.807, 2.05) is 54.6 Å². The Hall–Kier alpha value is -3.16. The van der Waals surface area contributed by atoms with Crippen LogP contribution in [0, 0.1) is 0 Å². The highest BCUT2D eigenvalue weighted by atomic mass is 35.5. The minimum atomic E-state index is 0.249. The number of nitrogens with two attached hydrogens (primary N) is 1. The van der Waals surface area contributed by atoms with E-state index >= 15 is 0 Å². The van der Waals surface area contributed by atoms with E-state index in [1.54, 1.807) is 0 Å². The summed E-state index contributed by atoms with van der Waals surface area (Å²) in [7, 11) is 0. The number of halogens is 1. The van der Waals surface area contributed by atoms with Crippen molar-refractivity contribution in [1.29, 1.82) is 0 Å². The van der Waals surface area contributed by atoms with Crippen LogP contribution in [0.2, 0.25) is 5.02 Å². The smallest absolute Gasteiger partial charge is 0.227 e. The van der Waals surface area contributed by atoms with Gasteiger partial charge in [-0.1, -0.05) is 41.9 Å². The second-order valence-electron chi connectivity index (χ2n) is 7.52. The van der Waals surface area contributed by atoms with Crippen LogP contribution < -0.4 is 16.0 Å². The zero-order chi connectivity index (χ0) is 20.5. The first kappa shape index (κ1) is 18.8. The number of H-pyrrole nitrogens is 1. The molecule has 0 amide bonds. The van der Waals surface area contributed by atoms with Gasteiger partial charge in [-0.3, -0.25) is 5.10 Å². The Morgan fingerprint density at radius 1 is 1.03 bits per heavy atom. The normalized spacial score (nSPS) is 14.9. The molecular weight excluding hydrogens is 398 g/mol. The lowest BCUT2D eigenvalue weighted by Crippen LogP contribution is -2.40. The lowest BCUT2D eigenvalue weighted by atomic mass is 10.1. The van der Waals surface area contributed by atoms with Crippen molar-refractivity contribution in [3.8, 4) is 11.3 Å². The molecule has 0 saturated carbocycles. The SMILES string of the molecule is NC1CCN(c2nc(Nc3cc(-c4ccccc4)[nH]n3)c3cc(Cl)ccc3n2)CC1. The van der Waals surface area contributed by atoms with Gasteiger partial charge in [0.1, 0.15) is 5.82 Å².